The normalized spacial score (nSPS) is 11.9. The molecule has 1 unspecified atom stereocenters. The topological polar surface area (TPSA) is 66.6 Å². The van der Waals surface area contributed by atoms with Crippen LogP contribution >= 0.6 is 12.2 Å². The lowest BCUT2D eigenvalue weighted by Crippen LogP contribution is -2.38. The first kappa shape index (κ1) is 13.4. The quantitative estimate of drug-likeness (QED) is 0.800. The SMILES string of the molecule is CCC(C(=O)N(C)c1ccc(O)cc1)C(N)=S. The molecular weight excluding hydrogens is 236 g/mol. The molecule has 0 aliphatic heterocycles. The van der Waals surface area contributed by atoms with Crippen molar-refractivity contribution in [3.05, 3.63) is 24.3 Å². The number of aromatic hydroxyl groups is 1. The maximum absolute atomic E-state index is 12.1. The fourth-order valence-electron chi connectivity index (χ4n) is 1.53. The van der Waals surface area contributed by atoms with E-state index in [4.69, 9.17) is 18.0 Å². The van der Waals surface area contributed by atoms with Gasteiger partial charge in [-0.1, -0.05) is 19.1 Å². The summed E-state index contributed by atoms with van der Waals surface area (Å²) in [5.74, 6) is -0.412. The molecule has 1 aromatic carbocycles. The van der Waals surface area contributed by atoms with E-state index in [-0.39, 0.29) is 16.6 Å². The summed E-state index contributed by atoms with van der Waals surface area (Å²) >= 11 is 4.87. The Morgan fingerprint density at radius 1 is 1.47 bits per heavy atom. The molecule has 0 aliphatic carbocycles. The van der Waals surface area contributed by atoms with Crippen LogP contribution in [0.5, 0.6) is 5.75 Å². The third-order valence-electron chi connectivity index (χ3n) is 2.62. The Morgan fingerprint density at radius 3 is 2.41 bits per heavy atom. The maximum Gasteiger partial charge on any atom is 0.236 e. The highest BCUT2D eigenvalue weighted by Crippen LogP contribution is 2.19. The molecule has 0 aliphatic rings. The van der Waals surface area contributed by atoms with Gasteiger partial charge in [-0.15, -0.1) is 0 Å². The minimum absolute atomic E-state index is 0.134. The molecule has 92 valence electrons. The summed E-state index contributed by atoms with van der Waals surface area (Å²) in [6.45, 7) is 1.87. The lowest BCUT2D eigenvalue weighted by atomic mass is 10.1. The number of carbonyl (C=O) groups is 1. The molecular formula is C12H16N2O2S. The molecule has 0 radical (unpaired) electrons. The Bertz CT molecular complexity index is 417. The van der Waals surface area contributed by atoms with E-state index < -0.39 is 5.92 Å². The fourth-order valence-corrected chi connectivity index (χ4v) is 1.80. The second-order valence-electron chi connectivity index (χ2n) is 3.78. The summed E-state index contributed by atoms with van der Waals surface area (Å²) < 4.78 is 0. The van der Waals surface area contributed by atoms with Crippen molar-refractivity contribution in [2.75, 3.05) is 11.9 Å². The van der Waals surface area contributed by atoms with E-state index in [0.29, 0.717) is 12.1 Å². The van der Waals surface area contributed by atoms with Gasteiger partial charge in [-0.3, -0.25) is 4.79 Å². The summed E-state index contributed by atoms with van der Waals surface area (Å²) in [5.41, 5.74) is 6.23. The van der Waals surface area contributed by atoms with Crippen molar-refractivity contribution >= 4 is 28.8 Å². The van der Waals surface area contributed by atoms with E-state index in [0.717, 1.165) is 0 Å². The number of anilines is 1. The van der Waals surface area contributed by atoms with Gasteiger partial charge in [0.2, 0.25) is 5.91 Å². The van der Waals surface area contributed by atoms with Gasteiger partial charge in [-0.2, -0.15) is 0 Å². The zero-order chi connectivity index (χ0) is 13.0. The molecule has 3 N–H and O–H groups in total. The maximum atomic E-state index is 12.1. The lowest BCUT2D eigenvalue weighted by molar-refractivity contribution is -0.120. The Hall–Kier alpha value is -1.62. The van der Waals surface area contributed by atoms with E-state index in [1.165, 1.54) is 17.0 Å². The third-order valence-corrected chi connectivity index (χ3v) is 2.90. The molecule has 1 atom stereocenters. The van der Waals surface area contributed by atoms with Crippen LogP contribution in [0.2, 0.25) is 0 Å². The number of phenols is 1. The van der Waals surface area contributed by atoms with Crippen LogP contribution in [-0.4, -0.2) is 23.0 Å². The largest absolute Gasteiger partial charge is 0.508 e. The van der Waals surface area contributed by atoms with E-state index in [1.54, 1.807) is 19.2 Å². The van der Waals surface area contributed by atoms with Gasteiger partial charge in [0.25, 0.3) is 0 Å². The molecule has 1 rings (SSSR count). The number of phenolic OH excluding ortho intramolecular Hbond substituents is 1. The average molecular weight is 252 g/mol. The molecule has 0 heterocycles. The first-order valence-electron chi connectivity index (χ1n) is 5.33. The molecule has 0 spiro atoms. The number of carbonyl (C=O) groups excluding carboxylic acids is 1. The number of nitrogens with two attached hydrogens (primary N) is 1. The lowest BCUT2D eigenvalue weighted by Gasteiger charge is -2.22. The van der Waals surface area contributed by atoms with Crippen LogP contribution in [0.1, 0.15) is 13.3 Å². The average Bonchev–Trinajstić information content (AvgIpc) is 2.29. The minimum atomic E-state index is -0.441. The van der Waals surface area contributed by atoms with Crippen molar-refractivity contribution in [3.8, 4) is 5.75 Å². The number of benzene rings is 1. The zero-order valence-corrected chi connectivity index (χ0v) is 10.7. The van der Waals surface area contributed by atoms with Gasteiger partial charge in [-0.25, -0.2) is 0 Å². The van der Waals surface area contributed by atoms with Crippen LogP contribution in [0.25, 0.3) is 0 Å². The second kappa shape index (κ2) is 5.63. The number of hydrogen-bond donors (Lipinski definition) is 2. The van der Waals surface area contributed by atoms with Gasteiger partial charge in [0.15, 0.2) is 0 Å². The van der Waals surface area contributed by atoms with Crippen LogP contribution in [0.15, 0.2) is 24.3 Å². The Labute approximate surface area is 106 Å². The molecule has 4 nitrogen and oxygen atoms in total. The summed E-state index contributed by atoms with van der Waals surface area (Å²) in [6.07, 6.45) is 0.580. The first-order valence-corrected chi connectivity index (χ1v) is 5.74. The second-order valence-corrected chi connectivity index (χ2v) is 4.25. The van der Waals surface area contributed by atoms with Crippen LogP contribution in [0.4, 0.5) is 5.69 Å². The summed E-state index contributed by atoms with van der Waals surface area (Å²) in [7, 11) is 1.66. The third kappa shape index (κ3) is 3.17. The van der Waals surface area contributed by atoms with Gasteiger partial charge >= 0.3 is 0 Å². The van der Waals surface area contributed by atoms with Crippen LogP contribution < -0.4 is 10.6 Å². The van der Waals surface area contributed by atoms with Crippen molar-refractivity contribution < 1.29 is 9.90 Å². The molecule has 5 heteroatoms. The van der Waals surface area contributed by atoms with Gasteiger partial charge < -0.3 is 15.7 Å². The number of hydrogen-bond acceptors (Lipinski definition) is 3. The summed E-state index contributed by atoms with van der Waals surface area (Å²) in [4.78, 5) is 13.8. The van der Waals surface area contributed by atoms with Crippen molar-refractivity contribution in [2.45, 2.75) is 13.3 Å². The molecule has 0 fully saturated rings. The number of amides is 1. The Kier molecular flexibility index (Phi) is 4.45. The zero-order valence-electron chi connectivity index (χ0n) is 9.88. The van der Waals surface area contributed by atoms with Gasteiger partial charge in [0.05, 0.1) is 10.9 Å². The molecule has 1 aromatic rings. The number of thiocarbonyl (C=S) groups is 1. The van der Waals surface area contributed by atoms with Crippen molar-refractivity contribution in [1.29, 1.82) is 0 Å². The predicted octanol–water partition coefficient (Wildman–Crippen LogP) is 1.67. The smallest absolute Gasteiger partial charge is 0.236 e. The summed E-state index contributed by atoms with van der Waals surface area (Å²) in [6, 6.07) is 6.39. The first-order chi connectivity index (χ1) is 7.97. The van der Waals surface area contributed by atoms with Crippen molar-refractivity contribution in [2.24, 2.45) is 11.7 Å². The Morgan fingerprint density at radius 2 is 2.00 bits per heavy atom. The summed E-state index contributed by atoms with van der Waals surface area (Å²) in [5, 5.41) is 9.18. The number of nitrogens with zero attached hydrogens (tertiary/aromatic N) is 1. The monoisotopic (exact) mass is 252 g/mol. The highest BCUT2D eigenvalue weighted by molar-refractivity contribution is 7.80. The standard InChI is InChI=1S/C12H16N2O2S/c1-3-10(11(13)17)12(16)14(2)8-4-6-9(15)7-5-8/h4-7,10,15H,3H2,1-2H3,(H2,13,17). The van der Waals surface area contributed by atoms with E-state index in [9.17, 15) is 9.90 Å². The molecule has 0 saturated heterocycles. The van der Waals surface area contributed by atoms with E-state index in [2.05, 4.69) is 0 Å². The van der Waals surface area contributed by atoms with Gasteiger partial charge in [-0.05, 0) is 30.7 Å². The number of rotatable bonds is 4. The molecule has 17 heavy (non-hydrogen) atoms. The highest BCUT2D eigenvalue weighted by atomic mass is 32.1. The molecule has 0 aromatic heterocycles. The molecule has 0 saturated carbocycles. The van der Waals surface area contributed by atoms with Crippen LogP contribution in [0.3, 0.4) is 0 Å². The van der Waals surface area contributed by atoms with Crippen molar-refractivity contribution in [1.82, 2.24) is 0 Å². The van der Waals surface area contributed by atoms with E-state index in [1.807, 2.05) is 6.92 Å². The van der Waals surface area contributed by atoms with Crippen LogP contribution in [0, 0.1) is 5.92 Å². The van der Waals surface area contributed by atoms with Gasteiger partial charge in [0.1, 0.15) is 5.75 Å². The van der Waals surface area contributed by atoms with Gasteiger partial charge in [0, 0.05) is 12.7 Å². The Balaban J connectivity index is 2.89. The van der Waals surface area contributed by atoms with Crippen LogP contribution in [-0.2, 0) is 4.79 Å². The molecule has 0 bridgehead atoms. The highest BCUT2D eigenvalue weighted by Gasteiger charge is 2.23. The molecule has 1 amide bonds. The van der Waals surface area contributed by atoms with E-state index >= 15 is 0 Å². The fraction of sp³-hybridized carbons (Fsp3) is 0.333. The minimum Gasteiger partial charge on any atom is -0.508 e. The predicted molar refractivity (Wildman–Crippen MR) is 72.1 cm³/mol. The van der Waals surface area contributed by atoms with Crippen molar-refractivity contribution in [3.63, 3.8) is 0 Å².